The standard InChI is InChI=1S/C15H20N2O2/c1-9-5-14(15(17(18)19)6-10(9)2)16-13-8-11-3-4-12(13)7-11/h5-6,11-13,16H,3-4,7-8H2,1-2H3. The zero-order chi connectivity index (χ0) is 13.6. The van der Waals surface area contributed by atoms with Crippen LogP contribution in [0, 0.1) is 35.8 Å². The van der Waals surface area contributed by atoms with Crippen LogP contribution in [0.2, 0.25) is 0 Å². The number of hydrogen-bond acceptors (Lipinski definition) is 3. The number of hydrogen-bond donors (Lipinski definition) is 1. The lowest BCUT2D eigenvalue weighted by atomic mass is 9.95. The molecule has 4 nitrogen and oxygen atoms in total. The van der Waals surface area contributed by atoms with Crippen molar-refractivity contribution >= 4 is 11.4 Å². The van der Waals surface area contributed by atoms with Crippen LogP contribution in [0.25, 0.3) is 0 Å². The molecule has 3 atom stereocenters. The lowest BCUT2D eigenvalue weighted by Gasteiger charge is -2.24. The lowest BCUT2D eigenvalue weighted by Crippen LogP contribution is -2.26. The van der Waals surface area contributed by atoms with Crippen LogP contribution >= 0.6 is 0 Å². The summed E-state index contributed by atoms with van der Waals surface area (Å²) < 4.78 is 0. The van der Waals surface area contributed by atoms with Crippen LogP contribution in [-0.4, -0.2) is 11.0 Å². The van der Waals surface area contributed by atoms with Crippen LogP contribution in [0.3, 0.4) is 0 Å². The van der Waals surface area contributed by atoms with E-state index in [9.17, 15) is 10.1 Å². The third-order valence-electron chi connectivity index (χ3n) is 4.89. The Morgan fingerprint density at radius 3 is 2.53 bits per heavy atom. The van der Waals surface area contributed by atoms with Crippen molar-refractivity contribution in [1.29, 1.82) is 0 Å². The largest absolute Gasteiger partial charge is 0.376 e. The first-order valence-electron chi connectivity index (χ1n) is 7.06. The molecule has 19 heavy (non-hydrogen) atoms. The molecule has 0 amide bonds. The zero-order valence-corrected chi connectivity index (χ0v) is 11.5. The molecule has 2 saturated carbocycles. The van der Waals surface area contributed by atoms with Crippen molar-refractivity contribution in [2.75, 3.05) is 5.32 Å². The van der Waals surface area contributed by atoms with Gasteiger partial charge in [-0.05, 0) is 62.1 Å². The molecule has 1 N–H and O–H groups in total. The van der Waals surface area contributed by atoms with Crippen molar-refractivity contribution in [3.8, 4) is 0 Å². The van der Waals surface area contributed by atoms with E-state index in [1.165, 1.54) is 25.7 Å². The number of benzene rings is 1. The molecule has 2 aliphatic rings. The highest BCUT2D eigenvalue weighted by Gasteiger charge is 2.40. The maximum absolute atomic E-state index is 11.2. The fourth-order valence-corrected chi connectivity index (χ4v) is 3.69. The third kappa shape index (κ3) is 2.20. The van der Waals surface area contributed by atoms with Crippen LogP contribution in [0.15, 0.2) is 12.1 Å². The maximum atomic E-state index is 11.2. The minimum atomic E-state index is -0.276. The number of rotatable bonds is 3. The fraction of sp³-hybridized carbons (Fsp3) is 0.600. The van der Waals surface area contributed by atoms with Gasteiger partial charge >= 0.3 is 0 Å². The van der Waals surface area contributed by atoms with Gasteiger partial charge in [-0.1, -0.05) is 6.42 Å². The van der Waals surface area contributed by atoms with Crippen molar-refractivity contribution in [3.05, 3.63) is 33.4 Å². The van der Waals surface area contributed by atoms with E-state index >= 15 is 0 Å². The molecule has 0 aromatic heterocycles. The molecule has 3 unspecified atom stereocenters. The number of aryl methyl sites for hydroxylation is 2. The second kappa shape index (κ2) is 4.51. The number of nitrogens with one attached hydrogen (secondary N) is 1. The summed E-state index contributed by atoms with van der Waals surface area (Å²) in [5, 5.41) is 14.6. The lowest BCUT2D eigenvalue weighted by molar-refractivity contribution is -0.384. The third-order valence-corrected chi connectivity index (χ3v) is 4.89. The van der Waals surface area contributed by atoms with E-state index in [2.05, 4.69) is 5.32 Å². The normalized spacial score (nSPS) is 28.6. The highest BCUT2D eigenvalue weighted by molar-refractivity contribution is 5.65. The van der Waals surface area contributed by atoms with E-state index < -0.39 is 0 Å². The quantitative estimate of drug-likeness (QED) is 0.664. The van der Waals surface area contributed by atoms with Crippen molar-refractivity contribution in [3.63, 3.8) is 0 Å². The average Bonchev–Trinajstić information content (AvgIpc) is 2.95. The van der Waals surface area contributed by atoms with Crippen molar-refractivity contribution in [2.45, 2.75) is 45.6 Å². The van der Waals surface area contributed by atoms with Crippen LogP contribution in [0.5, 0.6) is 0 Å². The van der Waals surface area contributed by atoms with Gasteiger partial charge in [0.25, 0.3) is 5.69 Å². The molecule has 2 bridgehead atoms. The molecular weight excluding hydrogens is 240 g/mol. The summed E-state index contributed by atoms with van der Waals surface area (Å²) in [6.07, 6.45) is 5.10. The Morgan fingerprint density at radius 2 is 1.95 bits per heavy atom. The molecule has 0 heterocycles. The van der Waals surface area contributed by atoms with Gasteiger partial charge in [0.15, 0.2) is 0 Å². The zero-order valence-electron chi connectivity index (χ0n) is 11.5. The molecular formula is C15H20N2O2. The van der Waals surface area contributed by atoms with Gasteiger partial charge in [-0.15, -0.1) is 0 Å². The van der Waals surface area contributed by atoms with Gasteiger partial charge in [0, 0.05) is 12.1 Å². The minimum Gasteiger partial charge on any atom is -0.376 e. The van der Waals surface area contributed by atoms with Crippen LogP contribution in [-0.2, 0) is 0 Å². The topological polar surface area (TPSA) is 55.2 Å². The predicted molar refractivity (Wildman–Crippen MR) is 75.4 cm³/mol. The fourth-order valence-electron chi connectivity index (χ4n) is 3.69. The molecule has 4 heteroatoms. The molecule has 0 aliphatic heterocycles. The van der Waals surface area contributed by atoms with E-state index in [0.29, 0.717) is 17.6 Å². The summed E-state index contributed by atoms with van der Waals surface area (Å²) in [5.74, 6) is 1.55. The summed E-state index contributed by atoms with van der Waals surface area (Å²) in [7, 11) is 0. The molecule has 3 rings (SSSR count). The second-order valence-electron chi connectivity index (χ2n) is 6.14. The van der Waals surface area contributed by atoms with Crippen molar-refractivity contribution < 1.29 is 4.92 Å². The van der Waals surface area contributed by atoms with Gasteiger partial charge in [0.1, 0.15) is 5.69 Å². The van der Waals surface area contributed by atoms with Crippen molar-refractivity contribution in [2.24, 2.45) is 11.8 Å². The SMILES string of the molecule is Cc1cc(NC2CC3CCC2C3)c([N+](=O)[O-])cc1C. The van der Waals surface area contributed by atoms with Gasteiger partial charge in [0.05, 0.1) is 4.92 Å². The van der Waals surface area contributed by atoms with E-state index in [0.717, 1.165) is 17.0 Å². The summed E-state index contributed by atoms with van der Waals surface area (Å²) in [5.41, 5.74) is 3.00. The first-order chi connectivity index (χ1) is 9.04. The van der Waals surface area contributed by atoms with Gasteiger partial charge < -0.3 is 5.32 Å². The molecule has 2 aliphatic carbocycles. The number of nitro groups is 1. The predicted octanol–water partition coefficient (Wildman–Crippen LogP) is 3.81. The highest BCUT2D eigenvalue weighted by atomic mass is 16.6. The molecule has 0 saturated heterocycles. The smallest absolute Gasteiger partial charge is 0.292 e. The average molecular weight is 260 g/mol. The molecule has 0 radical (unpaired) electrons. The van der Waals surface area contributed by atoms with E-state index in [4.69, 9.17) is 0 Å². The summed E-state index contributed by atoms with van der Waals surface area (Å²) in [4.78, 5) is 10.9. The summed E-state index contributed by atoms with van der Waals surface area (Å²) in [6, 6.07) is 4.05. The van der Waals surface area contributed by atoms with E-state index in [1.54, 1.807) is 6.07 Å². The van der Waals surface area contributed by atoms with Crippen LogP contribution in [0.4, 0.5) is 11.4 Å². The van der Waals surface area contributed by atoms with Crippen molar-refractivity contribution in [1.82, 2.24) is 0 Å². The molecule has 0 spiro atoms. The van der Waals surface area contributed by atoms with E-state index in [-0.39, 0.29) is 10.6 Å². The van der Waals surface area contributed by atoms with Gasteiger partial charge in [-0.3, -0.25) is 10.1 Å². The first kappa shape index (κ1) is 12.5. The molecule has 1 aromatic rings. The molecule has 1 aromatic carbocycles. The first-order valence-corrected chi connectivity index (χ1v) is 7.06. The number of nitro benzene ring substituents is 1. The Morgan fingerprint density at radius 1 is 1.21 bits per heavy atom. The van der Waals surface area contributed by atoms with E-state index in [1.807, 2.05) is 19.9 Å². The Balaban J connectivity index is 1.87. The monoisotopic (exact) mass is 260 g/mol. The van der Waals surface area contributed by atoms with Crippen LogP contribution in [0.1, 0.15) is 36.8 Å². The van der Waals surface area contributed by atoms with Gasteiger partial charge in [-0.2, -0.15) is 0 Å². The Hall–Kier alpha value is -1.58. The highest BCUT2D eigenvalue weighted by Crippen LogP contribution is 2.46. The Labute approximate surface area is 113 Å². The maximum Gasteiger partial charge on any atom is 0.292 e. The minimum absolute atomic E-state index is 0.214. The summed E-state index contributed by atoms with van der Waals surface area (Å²) >= 11 is 0. The number of anilines is 1. The number of nitrogens with zero attached hydrogens (tertiary/aromatic N) is 1. The van der Waals surface area contributed by atoms with Gasteiger partial charge in [0.2, 0.25) is 0 Å². The van der Waals surface area contributed by atoms with Gasteiger partial charge in [-0.25, -0.2) is 0 Å². The molecule has 102 valence electrons. The number of fused-ring (bicyclic) bond motifs is 2. The molecule has 2 fully saturated rings. The summed E-state index contributed by atoms with van der Waals surface area (Å²) in [6.45, 7) is 3.93. The van der Waals surface area contributed by atoms with Crippen LogP contribution < -0.4 is 5.32 Å². The Bertz CT molecular complexity index is 527. The Kier molecular flexibility index (Phi) is 2.96. The second-order valence-corrected chi connectivity index (χ2v) is 6.14.